The second kappa shape index (κ2) is 5.07. The first-order valence-electron chi connectivity index (χ1n) is 7.66. The summed E-state index contributed by atoms with van der Waals surface area (Å²) in [6.07, 6.45) is 3.91. The van der Waals surface area contributed by atoms with Crippen molar-refractivity contribution in [2.45, 2.75) is 65.2 Å². The average Bonchev–Trinajstić information content (AvgIpc) is 2.42. The highest BCUT2D eigenvalue weighted by molar-refractivity contribution is 5.40. The lowest BCUT2D eigenvalue weighted by molar-refractivity contribution is 0.183. The predicted molar refractivity (Wildman–Crippen MR) is 80.1 cm³/mol. The standard InChI is InChI=1S/C18H28/c1-6-14(4)18(7-2)12-13(3)15(5)16-10-8-9-11-17(16)18/h8-11,13-15H,6-7,12H2,1-5H3. The van der Waals surface area contributed by atoms with Crippen molar-refractivity contribution in [3.8, 4) is 0 Å². The van der Waals surface area contributed by atoms with Gasteiger partial charge in [-0.1, -0.05) is 65.3 Å². The van der Waals surface area contributed by atoms with E-state index in [9.17, 15) is 0 Å². The largest absolute Gasteiger partial charge is 0.0651 e. The fourth-order valence-corrected chi connectivity index (χ4v) is 4.06. The fraction of sp³-hybridized carbons (Fsp3) is 0.667. The molecule has 18 heavy (non-hydrogen) atoms. The van der Waals surface area contributed by atoms with Crippen LogP contribution in [-0.4, -0.2) is 0 Å². The highest BCUT2D eigenvalue weighted by Crippen LogP contribution is 2.51. The number of hydrogen-bond acceptors (Lipinski definition) is 0. The van der Waals surface area contributed by atoms with Crippen LogP contribution >= 0.6 is 0 Å². The van der Waals surface area contributed by atoms with E-state index < -0.39 is 0 Å². The summed E-state index contributed by atoms with van der Waals surface area (Å²) in [6, 6.07) is 9.20. The Kier molecular flexibility index (Phi) is 3.84. The highest BCUT2D eigenvalue weighted by atomic mass is 14.5. The third-order valence-corrected chi connectivity index (χ3v) is 5.71. The molecule has 0 fully saturated rings. The summed E-state index contributed by atoms with van der Waals surface area (Å²) in [5.41, 5.74) is 3.67. The zero-order valence-corrected chi connectivity index (χ0v) is 12.7. The zero-order valence-electron chi connectivity index (χ0n) is 12.7. The molecule has 1 aromatic rings. The Hall–Kier alpha value is -0.780. The Labute approximate surface area is 113 Å². The molecule has 1 aliphatic rings. The molecule has 0 aliphatic heterocycles. The molecule has 4 atom stereocenters. The first-order valence-corrected chi connectivity index (χ1v) is 7.66. The molecule has 2 rings (SSSR count). The van der Waals surface area contributed by atoms with Crippen LogP contribution in [-0.2, 0) is 5.41 Å². The molecule has 4 unspecified atom stereocenters. The molecule has 0 N–H and O–H groups in total. The molecule has 0 amide bonds. The Morgan fingerprint density at radius 1 is 1.22 bits per heavy atom. The van der Waals surface area contributed by atoms with Gasteiger partial charge in [0.05, 0.1) is 0 Å². The molecule has 100 valence electrons. The molecule has 0 saturated carbocycles. The monoisotopic (exact) mass is 244 g/mol. The van der Waals surface area contributed by atoms with E-state index in [0.29, 0.717) is 11.3 Å². The van der Waals surface area contributed by atoms with Crippen molar-refractivity contribution in [2.75, 3.05) is 0 Å². The third-order valence-electron chi connectivity index (χ3n) is 5.71. The van der Waals surface area contributed by atoms with Crippen LogP contribution in [0.1, 0.15) is 70.9 Å². The quantitative estimate of drug-likeness (QED) is 0.656. The maximum atomic E-state index is 2.45. The summed E-state index contributed by atoms with van der Waals surface area (Å²) >= 11 is 0. The topological polar surface area (TPSA) is 0 Å². The van der Waals surface area contributed by atoms with Crippen molar-refractivity contribution in [1.29, 1.82) is 0 Å². The van der Waals surface area contributed by atoms with Crippen molar-refractivity contribution in [3.05, 3.63) is 35.4 Å². The number of benzene rings is 1. The van der Waals surface area contributed by atoms with Crippen molar-refractivity contribution in [1.82, 2.24) is 0 Å². The van der Waals surface area contributed by atoms with Gasteiger partial charge in [0.25, 0.3) is 0 Å². The molecular weight excluding hydrogens is 216 g/mol. The smallest absolute Gasteiger partial charge is 0.00185 e. The Balaban J connectivity index is 2.58. The lowest BCUT2D eigenvalue weighted by Crippen LogP contribution is -2.40. The fourth-order valence-electron chi connectivity index (χ4n) is 4.06. The second-order valence-electron chi connectivity index (χ2n) is 6.38. The van der Waals surface area contributed by atoms with E-state index in [1.807, 2.05) is 0 Å². The van der Waals surface area contributed by atoms with Gasteiger partial charge >= 0.3 is 0 Å². The van der Waals surface area contributed by atoms with Gasteiger partial charge in [-0.2, -0.15) is 0 Å². The van der Waals surface area contributed by atoms with E-state index in [4.69, 9.17) is 0 Å². The van der Waals surface area contributed by atoms with Gasteiger partial charge in [-0.3, -0.25) is 0 Å². The summed E-state index contributed by atoms with van der Waals surface area (Å²) < 4.78 is 0. The van der Waals surface area contributed by atoms with Crippen molar-refractivity contribution in [2.24, 2.45) is 11.8 Å². The van der Waals surface area contributed by atoms with Gasteiger partial charge < -0.3 is 0 Å². The molecule has 0 heteroatoms. The van der Waals surface area contributed by atoms with E-state index in [0.717, 1.165) is 11.8 Å². The zero-order chi connectivity index (χ0) is 13.3. The van der Waals surface area contributed by atoms with Crippen LogP contribution in [0.5, 0.6) is 0 Å². The summed E-state index contributed by atoms with van der Waals surface area (Å²) in [5.74, 6) is 2.29. The number of fused-ring (bicyclic) bond motifs is 1. The first-order chi connectivity index (χ1) is 8.56. The van der Waals surface area contributed by atoms with E-state index >= 15 is 0 Å². The lowest BCUT2D eigenvalue weighted by Gasteiger charge is -2.48. The van der Waals surface area contributed by atoms with E-state index in [1.165, 1.54) is 19.3 Å². The van der Waals surface area contributed by atoms with Crippen molar-refractivity contribution in [3.63, 3.8) is 0 Å². The predicted octanol–water partition coefficient (Wildman–Crippen LogP) is 5.52. The normalized spacial score (nSPS) is 32.9. The van der Waals surface area contributed by atoms with Crippen LogP contribution in [0.25, 0.3) is 0 Å². The minimum atomic E-state index is 0.414. The highest BCUT2D eigenvalue weighted by Gasteiger charge is 2.43. The van der Waals surface area contributed by atoms with Gasteiger partial charge in [-0.15, -0.1) is 0 Å². The molecule has 0 bridgehead atoms. The van der Waals surface area contributed by atoms with Crippen LogP contribution in [0.4, 0.5) is 0 Å². The Bertz CT molecular complexity index is 406. The van der Waals surface area contributed by atoms with E-state index in [2.05, 4.69) is 58.9 Å². The van der Waals surface area contributed by atoms with Crippen LogP contribution < -0.4 is 0 Å². The van der Waals surface area contributed by atoms with Gasteiger partial charge in [0.15, 0.2) is 0 Å². The molecule has 1 aliphatic carbocycles. The molecule has 1 aromatic carbocycles. The molecule has 0 saturated heterocycles. The molecular formula is C18H28. The Morgan fingerprint density at radius 3 is 2.50 bits per heavy atom. The molecule has 0 spiro atoms. The van der Waals surface area contributed by atoms with Crippen LogP contribution in [0.15, 0.2) is 24.3 Å². The maximum Gasteiger partial charge on any atom is -0.00185 e. The second-order valence-corrected chi connectivity index (χ2v) is 6.38. The van der Waals surface area contributed by atoms with Gasteiger partial charge in [0.1, 0.15) is 0 Å². The molecule has 0 nitrogen and oxygen atoms in total. The third kappa shape index (κ3) is 1.90. The summed E-state index contributed by atoms with van der Waals surface area (Å²) in [6.45, 7) is 12.0. The lowest BCUT2D eigenvalue weighted by atomic mass is 9.57. The van der Waals surface area contributed by atoms with Crippen LogP contribution in [0.3, 0.4) is 0 Å². The van der Waals surface area contributed by atoms with E-state index in [-0.39, 0.29) is 0 Å². The number of rotatable bonds is 3. The maximum absolute atomic E-state index is 2.45. The SMILES string of the molecule is CCC(C)C1(CC)CC(C)C(C)c2ccccc21. The minimum absolute atomic E-state index is 0.414. The molecule has 0 heterocycles. The van der Waals surface area contributed by atoms with Gasteiger partial charge in [0, 0.05) is 0 Å². The average molecular weight is 244 g/mol. The molecule has 0 aromatic heterocycles. The van der Waals surface area contributed by atoms with Gasteiger partial charge in [-0.25, -0.2) is 0 Å². The summed E-state index contributed by atoms with van der Waals surface area (Å²) in [5, 5.41) is 0. The summed E-state index contributed by atoms with van der Waals surface area (Å²) in [4.78, 5) is 0. The van der Waals surface area contributed by atoms with Crippen molar-refractivity contribution < 1.29 is 0 Å². The first kappa shape index (κ1) is 13.6. The van der Waals surface area contributed by atoms with Crippen LogP contribution in [0, 0.1) is 11.8 Å². The van der Waals surface area contributed by atoms with E-state index in [1.54, 1.807) is 11.1 Å². The summed E-state index contributed by atoms with van der Waals surface area (Å²) in [7, 11) is 0. The van der Waals surface area contributed by atoms with Gasteiger partial charge in [0.2, 0.25) is 0 Å². The molecule has 0 radical (unpaired) electrons. The number of hydrogen-bond donors (Lipinski definition) is 0. The van der Waals surface area contributed by atoms with Gasteiger partial charge in [-0.05, 0) is 47.1 Å². The Morgan fingerprint density at radius 2 is 1.89 bits per heavy atom. The van der Waals surface area contributed by atoms with Crippen molar-refractivity contribution >= 4 is 0 Å². The van der Waals surface area contributed by atoms with Crippen LogP contribution in [0.2, 0.25) is 0 Å². The minimum Gasteiger partial charge on any atom is -0.0651 e.